The molecule has 0 aliphatic carbocycles. The van der Waals surface area contributed by atoms with Crippen LogP contribution in [0.5, 0.6) is 0 Å². The Morgan fingerprint density at radius 2 is 2.28 bits per heavy atom. The summed E-state index contributed by atoms with van der Waals surface area (Å²) in [6.07, 6.45) is -0.466. The van der Waals surface area contributed by atoms with Gasteiger partial charge in [-0.3, -0.25) is 4.57 Å². The van der Waals surface area contributed by atoms with Gasteiger partial charge in [-0.1, -0.05) is 6.07 Å². The molecule has 0 saturated heterocycles. The lowest BCUT2D eigenvalue weighted by molar-refractivity contribution is 0.151. The number of hydrogen-bond donors (Lipinski definition) is 1. The van der Waals surface area contributed by atoms with Crippen molar-refractivity contribution in [2.75, 3.05) is 6.61 Å². The van der Waals surface area contributed by atoms with E-state index in [0.29, 0.717) is 18.7 Å². The summed E-state index contributed by atoms with van der Waals surface area (Å²) in [6.45, 7) is 2.40. The van der Waals surface area contributed by atoms with Crippen LogP contribution in [0, 0.1) is 0 Å². The standard InChI is InChI=1S/C12H14N2O4/c1-3-17-11(15)13-7-8-4-5-9-10(6-8)18-12(16)14(9)2/h4-6H,3,7H2,1-2H3,(H,13,15). The van der Waals surface area contributed by atoms with Crippen LogP contribution in [0.4, 0.5) is 4.79 Å². The van der Waals surface area contributed by atoms with E-state index in [9.17, 15) is 9.59 Å². The van der Waals surface area contributed by atoms with Crippen molar-refractivity contribution >= 4 is 17.2 Å². The average Bonchev–Trinajstić information content (AvgIpc) is 2.63. The topological polar surface area (TPSA) is 73.5 Å². The van der Waals surface area contributed by atoms with Crippen molar-refractivity contribution in [1.29, 1.82) is 0 Å². The number of ether oxygens (including phenoxy) is 1. The van der Waals surface area contributed by atoms with Crippen LogP contribution in [0.25, 0.3) is 11.1 Å². The molecule has 0 bridgehead atoms. The number of fused-ring (bicyclic) bond motifs is 1. The lowest BCUT2D eigenvalue weighted by Crippen LogP contribution is -2.23. The van der Waals surface area contributed by atoms with E-state index in [1.807, 2.05) is 6.07 Å². The number of benzene rings is 1. The maximum atomic E-state index is 11.3. The maximum absolute atomic E-state index is 11.3. The molecule has 18 heavy (non-hydrogen) atoms. The van der Waals surface area contributed by atoms with Gasteiger partial charge < -0.3 is 14.5 Å². The Kier molecular flexibility index (Phi) is 3.36. The molecule has 1 aromatic heterocycles. The Labute approximate surface area is 103 Å². The first kappa shape index (κ1) is 12.2. The van der Waals surface area contributed by atoms with Gasteiger partial charge in [0, 0.05) is 13.6 Å². The Morgan fingerprint density at radius 3 is 3.00 bits per heavy atom. The van der Waals surface area contributed by atoms with Crippen molar-refractivity contribution in [1.82, 2.24) is 9.88 Å². The third kappa shape index (κ3) is 2.37. The fourth-order valence-electron chi connectivity index (χ4n) is 1.64. The highest BCUT2D eigenvalue weighted by molar-refractivity contribution is 5.74. The van der Waals surface area contributed by atoms with Crippen LogP contribution in [-0.2, 0) is 18.3 Å². The first-order chi connectivity index (χ1) is 8.61. The number of amides is 1. The number of oxazole rings is 1. The van der Waals surface area contributed by atoms with E-state index in [4.69, 9.17) is 9.15 Å². The molecule has 0 aliphatic heterocycles. The molecule has 1 heterocycles. The van der Waals surface area contributed by atoms with Gasteiger partial charge in [-0.05, 0) is 24.6 Å². The van der Waals surface area contributed by atoms with E-state index in [2.05, 4.69) is 5.32 Å². The van der Waals surface area contributed by atoms with Crippen LogP contribution in [0.1, 0.15) is 12.5 Å². The lowest BCUT2D eigenvalue weighted by Gasteiger charge is -2.04. The average molecular weight is 250 g/mol. The summed E-state index contributed by atoms with van der Waals surface area (Å²) in [7, 11) is 1.64. The van der Waals surface area contributed by atoms with E-state index in [0.717, 1.165) is 11.1 Å². The van der Waals surface area contributed by atoms with Gasteiger partial charge in [0.1, 0.15) is 0 Å². The number of carbonyl (C=O) groups excluding carboxylic acids is 1. The summed E-state index contributed by atoms with van der Waals surface area (Å²) in [4.78, 5) is 22.4. The van der Waals surface area contributed by atoms with Crippen molar-refractivity contribution in [3.8, 4) is 0 Å². The molecule has 96 valence electrons. The number of alkyl carbamates (subject to hydrolysis) is 1. The largest absolute Gasteiger partial charge is 0.450 e. The van der Waals surface area contributed by atoms with E-state index in [1.165, 1.54) is 4.57 Å². The molecule has 1 aromatic carbocycles. The van der Waals surface area contributed by atoms with Gasteiger partial charge >= 0.3 is 11.8 Å². The van der Waals surface area contributed by atoms with Crippen LogP contribution in [0.15, 0.2) is 27.4 Å². The van der Waals surface area contributed by atoms with Crippen molar-refractivity contribution in [2.24, 2.45) is 7.05 Å². The Bertz CT molecular complexity index is 627. The molecular weight excluding hydrogens is 236 g/mol. The number of nitrogens with one attached hydrogen (secondary N) is 1. The summed E-state index contributed by atoms with van der Waals surface area (Å²) >= 11 is 0. The summed E-state index contributed by atoms with van der Waals surface area (Å²) in [5.74, 6) is -0.402. The van der Waals surface area contributed by atoms with Gasteiger partial charge in [0.15, 0.2) is 5.58 Å². The summed E-state index contributed by atoms with van der Waals surface area (Å²) in [6, 6.07) is 5.33. The molecule has 0 radical (unpaired) electrons. The number of nitrogens with zero attached hydrogens (tertiary/aromatic N) is 1. The fraction of sp³-hybridized carbons (Fsp3) is 0.333. The zero-order valence-corrected chi connectivity index (χ0v) is 10.2. The zero-order valence-electron chi connectivity index (χ0n) is 10.2. The molecule has 6 heteroatoms. The first-order valence-corrected chi connectivity index (χ1v) is 5.61. The molecule has 2 rings (SSSR count). The van der Waals surface area contributed by atoms with Crippen LogP contribution in [0.3, 0.4) is 0 Å². The van der Waals surface area contributed by atoms with Gasteiger partial charge in [-0.15, -0.1) is 0 Å². The third-order valence-electron chi connectivity index (χ3n) is 2.57. The Balaban J connectivity index is 2.15. The predicted molar refractivity (Wildman–Crippen MR) is 65.3 cm³/mol. The fourth-order valence-corrected chi connectivity index (χ4v) is 1.64. The highest BCUT2D eigenvalue weighted by atomic mass is 16.5. The molecule has 0 atom stereocenters. The van der Waals surface area contributed by atoms with Crippen molar-refractivity contribution in [3.05, 3.63) is 34.3 Å². The van der Waals surface area contributed by atoms with Gasteiger partial charge in [0.2, 0.25) is 0 Å². The van der Waals surface area contributed by atoms with Crippen molar-refractivity contribution < 1.29 is 13.9 Å². The second kappa shape index (κ2) is 4.95. The predicted octanol–water partition coefficient (Wildman–Crippen LogP) is 1.38. The number of hydrogen-bond acceptors (Lipinski definition) is 4. The Morgan fingerprint density at radius 1 is 1.50 bits per heavy atom. The minimum Gasteiger partial charge on any atom is -0.450 e. The minimum absolute atomic E-state index is 0.327. The van der Waals surface area contributed by atoms with E-state index >= 15 is 0 Å². The molecule has 0 spiro atoms. The number of carbonyl (C=O) groups is 1. The van der Waals surface area contributed by atoms with E-state index in [-0.39, 0.29) is 0 Å². The SMILES string of the molecule is CCOC(=O)NCc1ccc2c(c1)oc(=O)n2C. The maximum Gasteiger partial charge on any atom is 0.419 e. The normalized spacial score (nSPS) is 10.6. The van der Waals surface area contributed by atoms with Gasteiger partial charge in [-0.25, -0.2) is 9.59 Å². The van der Waals surface area contributed by atoms with Crippen LogP contribution < -0.4 is 11.1 Å². The van der Waals surface area contributed by atoms with Gasteiger partial charge in [0.25, 0.3) is 0 Å². The highest BCUT2D eigenvalue weighted by Gasteiger charge is 2.07. The van der Waals surface area contributed by atoms with E-state index in [1.54, 1.807) is 26.1 Å². The number of aryl methyl sites for hydroxylation is 1. The Hall–Kier alpha value is -2.24. The van der Waals surface area contributed by atoms with Gasteiger partial charge in [0.05, 0.1) is 12.1 Å². The first-order valence-electron chi connectivity index (χ1n) is 5.61. The molecule has 0 aliphatic rings. The molecule has 1 amide bonds. The second-order valence-corrected chi connectivity index (χ2v) is 3.80. The molecule has 2 aromatic rings. The summed E-state index contributed by atoms with van der Waals surface area (Å²) in [5, 5.41) is 2.60. The summed E-state index contributed by atoms with van der Waals surface area (Å²) in [5.41, 5.74) is 2.07. The minimum atomic E-state index is -0.466. The van der Waals surface area contributed by atoms with E-state index < -0.39 is 11.8 Å². The number of aromatic nitrogens is 1. The quantitative estimate of drug-likeness (QED) is 0.893. The molecular formula is C12H14N2O4. The lowest BCUT2D eigenvalue weighted by atomic mass is 10.2. The number of rotatable bonds is 3. The molecule has 0 unspecified atom stereocenters. The smallest absolute Gasteiger partial charge is 0.419 e. The molecule has 6 nitrogen and oxygen atoms in total. The third-order valence-corrected chi connectivity index (χ3v) is 2.57. The second-order valence-electron chi connectivity index (χ2n) is 3.80. The highest BCUT2D eigenvalue weighted by Crippen LogP contribution is 2.14. The van der Waals surface area contributed by atoms with Crippen molar-refractivity contribution in [3.63, 3.8) is 0 Å². The summed E-state index contributed by atoms with van der Waals surface area (Å²) < 4.78 is 11.2. The zero-order chi connectivity index (χ0) is 13.1. The molecule has 0 fully saturated rings. The van der Waals surface area contributed by atoms with Crippen LogP contribution in [0.2, 0.25) is 0 Å². The van der Waals surface area contributed by atoms with Crippen LogP contribution in [-0.4, -0.2) is 17.3 Å². The molecule has 0 saturated carbocycles. The monoisotopic (exact) mass is 250 g/mol. The van der Waals surface area contributed by atoms with Crippen LogP contribution >= 0.6 is 0 Å². The molecule has 1 N–H and O–H groups in total. The van der Waals surface area contributed by atoms with Crippen molar-refractivity contribution in [2.45, 2.75) is 13.5 Å². The van der Waals surface area contributed by atoms with Gasteiger partial charge in [-0.2, -0.15) is 0 Å².